The standard InChI is InChI=1S/C11H23NO3/c1-6-15-8-11(4,10(2,3)12)7-9(13)14-5/h6-8,12H2,1-5H3. The third-order valence-electron chi connectivity index (χ3n) is 2.94. The highest BCUT2D eigenvalue weighted by atomic mass is 16.5. The molecule has 1 atom stereocenters. The maximum absolute atomic E-state index is 11.3. The van der Waals surface area contributed by atoms with Crippen LogP contribution in [0.2, 0.25) is 0 Å². The van der Waals surface area contributed by atoms with Crippen LogP contribution in [0.1, 0.15) is 34.1 Å². The monoisotopic (exact) mass is 217 g/mol. The first kappa shape index (κ1) is 14.4. The van der Waals surface area contributed by atoms with Crippen molar-refractivity contribution in [3.05, 3.63) is 0 Å². The lowest BCUT2D eigenvalue weighted by Gasteiger charge is -2.40. The molecule has 0 fully saturated rings. The summed E-state index contributed by atoms with van der Waals surface area (Å²) in [5.41, 5.74) is 5.17. The molecule has 4 heteroatoms. The van der Waals surface area contributed by atoms with Gasteiger partial charge in [0.2, 0.25) is 0 Å². The highest BCUT2D eigenvalue weighted by Gasteiger charge is 2.40. The lowest BCUT2D eigenvalue weighted by atomic mass is 9.72. The van der Waals surface area contributed by atoms with Crippen LogP contribution in [0.3, 0.4) is 0 Å². The second-order valence-electron chi connectivity index (χ2n) is 4.67. The average Bonchev–Trinajstić information content (AvgIpc) is 2.12. The van der Waals surface area contributed by atoms with E-state index in [2.05, 4.69) is 4.74 Å². The minimum absolute atomic E-state index is 0.254. The van der Waals surface area contributed by atoms with Gasteiger partial charge in [-0.05, 0) is 20.8 Å². The van der Waals surface area contributed by atoms with Gasteiger partial charge >= 0.3 is 5.97 Å². The highest BCUT2D eigenvalue weighted by molar-refractivity contribution is 5.70. The zero-order valence-corrected chi connectivity index (χ0v) is 10.4. The van der Waals surface area contributed by atoms with E-state index in [1.807, 2.05) is 27.7 Å². The molecule has 90 valence electrons. The molecular formula is C11H23NO3. The summed E-state index contributed by atoms with van der Waals surface area (Å²) in [6, 6.07) is 0. The molecular weight excluding hydrogens is 194 g/mol. The number of nitrogens with two attached hydrogens (primary N) is 1. The van der Waals surface area contributed by atoms with Gasteiger partial charge in [0, 0.05) is 17.6 Å². The van der Waals surface area contributed by atoms with Crippen molar-refractivity contribution in [3.8, 4) is 0 Å². The first-order chi connectivity index (χ1) is 6.77. The van der Waals surface area contributed by atoms with E-state index in [0.29, 0.717) is 13.2 Å². The fourth-order valence-electron chi connectivity index (χ4n) is 1.18. The van der Waals surface area contributed by atoms with Crippen LogP contribution in [-0.2, 0) is 14.3 Å². The van der Waals surface area contributed by atoms with Gasteiger partial charge in [-0.15, -0.1) is 0 Å². The summed E-state index contributed by atoms with van der Waals surface area (Å²) in [5.74, 6) is -0.254. The van der Waals surface area contributed by atoms with Crippen LogP contribution < -0.4 is 5.73 Å². The Bertz CT molecular complexity index is 210. The number of carbonyl (C=O) groups excluding carboxylic acids is 1. The third-order valence-corrected chi connectivity index (χ3v) is 2.94. The van der Waals surface area contributed by atoms with Gasteiger partial charge in [0.25, 0.3) is 0 Å². The molecule has 2 N–H and O–H groups in total. The number of carbonyl (C=O) groups is 1. The molecule has 15 heavy (non-hydrogen) atoms. The molecule has 0 saturated carbocycles. The van der Waals surface area contributed by atoms with E-state index in [0.717, 1.165) is 0 Å². The van der Waals surface area contributed by atoms with E-state index >= 15 is 0 Å². The van der Waals surface area contributed by atoms with E-state index in [1.54, 1.807) is 0 Å². The first-order valence-corrected chi connectivity index (χ1v) is 5.20. The van der Waals surface area contributed by atoms with Crippen molar-refractivity contribution in [2.75, 3.05) is 20.3 Å². The normalized spacial score (nSPS) is 15.9. The van der Waals surface area contributed by atoms with Crippen molar-refractivity contribution in [2.24, 2.45) is 11.1 Å². The van der Waals surface area contributed by atoms with Gasteiger partial charge in [0.1, 0.15) is 0 Å². The van der Waals surface area contributed by atoms with E-state index in [9.17, 15) is 4.79 Å². The molecule has 0 aromatic carbocycles. The Balaban J connectivity index is 4.62. The van der Waals surface area contributed by atoms with Gasteiger partial charge in [-0.1, -0.05) is 6.92 Å². The predicted molar refractivity (Wildman–Crippen MR) is 59.5 cm³/mol. The maximum atomic E-state index is 11.3. The Kier molecular flexibility index (Phi) is 5.24. The van der Waals surface area contributed by atoms with E-state index in [4.69, 9.17) is 10.5 Å². The minimum Gasteiger partial charge on any atom is -0.469 e. The number of methoxy groups -OCH3 is 1. The van der Waals surface area contributed by atoms with Crippen LogP contribution in [0.5, 0.6) is 0 Å². The molecule has 0 radical (unpaired) electrons. The number of hydrogen-bond donors (Lipinski definition) is 1. The van der Waals surface area contributed by atoms with Gasteiger partial charge in [-0.3, -0.25) is 4.79 Å². The largest absolute Gasteiger partial charge is 0.469 e. The molecule has 0 amide bonds. The molecule has 1 unspecified atom stereocenters. The van der Waals surface area contributed by atoms with Crippen molar-refractivity contribution < 1.29 is 14.3 Å². The van der Waals surface area contributed by atoms with E-state index in [-0.39, 0.29) is 12.4 Å². The van der Waals surface area contributed by atoms with Crippen molar-refractivity contribution in [1.82, 2.24) is 0 Å². The Morgan fingerprint density at radius 1 is 1.33 bits per heavy atom. The number of hydrogen-bond acceptors (Lipinski definition) is 4. The fourth-order valence-corrected chi connectivity index (χ4v) is 1.18. The molecule has 0 spiro atoms. The lowest BCUT2D eigenvalue weighted by Crippen LogP contribution is -2.52. The van der Waals surface area contributed by atoms with Gasteiger partial charge in [-0.2, -0.15) is 0 Å². The summed E-state index contributed by atoms with van der Waals surface area (Å²) in [6.45, 7) is 8.74. The molecule has 4 nitrogen and oxygen atoms in total. The summed E-state index contributed by atoms with van der Waals surface area (Å²) >= 11 is 0. The van der Waals surface area contributed by atoms with Gasteiger partial charge in [-0.25, -0.2) is 0 Å². The molecule has 0 heterocycles. The maximum Gasteiger partial charge on any atom is 0.306 e. The summed E-state index contributed by atoms with van der Waals surface area (Å²) in [6.07, 6.45) is 0.271. The smallest absolute Gasteiger partial charge is 0.306 e. The number of esters is 1. The summed E-state index contributed by atoms with van der Waals surface area (Å²) in [4.78, 5) is 11.3. The Morgan fingerprint density at radius 2 is 1.87 bits per heavy atom. The van der Waals surface area contributed by atoms with Crippen molar-refractivity contribution >= 4 is 5.97 Å². The van der Waals surface area contributed by atoms with Crippen LogP contribution in [-0.4, -0.2) is 31.8 Å². The molecule has 0 saturated heterocycles. The Morgan fingerprint density at radius 3 is 2.20 bits per heavy atom. The van der Waals surface area contributed by atoms with Gasteiger partial charge < -0.3 is 15.2 Å². The molecule has 0 rings (SSSR count). The number of rotatable bonds is 6. The second kappa shape index (κ2) is 5.47. The van der Waals surface area contributed by atoms with E-state index in [1.165, 1.54) is 7.11 Å². The third kappa shape index (κ3) is 4.18. The Labute approximate surface area is 92.1 Å². The van der Waals surface area contributed by atoms with Crippen LogP contribution >= 0.6 is 0 Å². The van der Waals surface area contributed by atoms with Crippen LogP contribution in [0.15, 0.2) is 0 Å². The van der Waals surface area contributed by atoms with E-state index < -0.39 is 11.0 Å². The summed E-state index contributed by atoms with van der Waals surface area (Å²) in [5, 5.41) is 0. The summed E-state index contributed by atoms with van der Waals surface area (Å²) in [7, 11) is 1.38. The van der Waals surface area contributed by atoms with Crippen molar-refractivity contribution in [2.45, 2.75) is 39.7 Å². The SMILES string of the molecule is CCOCC(C)(CC(=O)OC)C(C)(C)N. The summed E-state index contributed by atoms with van der Waals surface area (Å²) < 4.78 is 10.1. The minimum atomic E-state index is -0.490. The fraction of sp³-hybridized carbons (Fsp3) is 0.909. The first-order valence-electron chi connectivity index (χ1n) is 5.20. The molecule has 0 aliphatic heterocycles. The van der Waals surface area contributed by atoms with Gasteiger partial charge in [0.05, 0.1) is 20.1 Å². The molecule has 0 aliphatic carbocycles. The van der Waals surface area contributed by atoms with Crippen molar-refractivity contribution in [3.63, 3.8) is 0 Å². The molecule has 0 aromatic heterocycles. The Hall–Kier alpha value is -0.610. The highest BCUT2D eigenvalue weighted by Crippen LogP contribution is 2.33. The quantitative estimate of drug-likeness (QED) is 0.682. The van der Waals surface area contributed by atoms with Crippen LogP contribution in [0.25, 0.3) is 0 Å². The van der Waals surface area contributed by atoms with Crippen LogP contribution in [0.4, 0.5) is 0 Å². The predicted octanol–water partition coefficient (Wildman–Crippen LogP) is 1.33. The molecule has 0 aromatic rings. The zero-order chi connectivity index (χ0) is 12.1. The van der Waals surface area contributed by atoms with Gasteiger partial charge in [0.15, 0.2) is 0 Å². The number of ether oxygens (including phenoxy) is 2. The van der Waals surface area contributed by atoms with Crippen molar-refractivity contribution in [1.29, 1.82) is 0 Å². The molecule has 0 aliphatic rings. The lowest BCUT2D eigenvalue weighted by molar-refractivity contribution is -0.145. The topological polar surface area (TPSA) is 61.5 Å². The molecule has 0 bridgehead atoms. The zero-order valence-electron chi connectivity index (χ0n) is 10.4. The second-order valence-corrected chi connectivity index (χ2v) is 4.67. The van der Waals surface area contributed by atoms with Crippen LogP contribution in [0, 0.1) is 5.41 Å². The average molecular weight is 217 g/mol.